The Morgan fingerprint density at radius 3 is 2.55 bits per heavy atom. The van der Waals surface area contributed by atoms with Crippen molar-refractivity contribution in [3.63, 3.8) is 0 Å². The number of benzene rings is 3. The van der Waals surface area contributed by atoms with E-state index in [0.29, 0.717) is 22.0 Å². The zero-order valence-electron chi connectivity index (χ0n) is 16.5. The Kier molecular flexibility index (Phi) is 7.75. The number of carbonyl (C=O) groups is 1. The minimum Gasteiger partial charge on any atom is -0.487 e. The molecule has 3 aromatic carbocycles. The number of nitrogens with one attached hydrogen (secondary N) is 1. The summed E-state index contributed by atoms with van der Waals surface area (Å²) in [5.41, 5.74) is 2.78. The van der Waals surface area contributed by atoms with E-state index in [1.54, 1.807) is 18.2 Å². The van der Waals surface area contributed by atoms with Gasteiger partial charge in [0.05, 0.1) is 5.02 Å². The average Bonchev–Trinajstić information content (AvgIpc) is 2.74. The van der Waals surface area contributed by atoms with E-state index in [1.165, 1.54) is 6.08 Å². The van der Waals surface area contributed by atoms with Crippen LogP contribution in [0.2, 0.25) is 10.0 Å². The molecular formula is C24H17BrCl2N2O2. The molecule has 0 unspecified atom stereocenters. The van der Waals surface area contributed by atoms with Gasteiger partial charge in [-0.15, -0.1) is 0 Å². The molecule has 0 aromatic heterocycles. The topological polar surface area (TPSA) is 62.1 Å². The van der Waals surface area contributed by atoms with Crippen LogP contribution in [0.4, 0.5) is 5.69 Å². The minimum atomic E-state index is -0.535. The van der Waals surface area contributed by atoms with Crippen molar-refractivity contribution in [2.45, 2.75) is 13.5 Å². The van der Waals surface area contributed by atoms with Crippen molar-refractivity contribution in [3.05, 3.63) is 97.4 Å². The fraction of sp³-hybridized carbons (Fsp3) is 0.0833. The Morgan fingerprint density at radius 1 is 1.16 bits per heavy atom. The molecule has 0 heterocycles. The summed E-state index contributed by atoms with van der Waals surface area (Å²) in [5, 5.41) is 13.0. The number of aryl methyl sites for hydroxylation is 1. The third-order valence-electron chi connectivity index (χ3n) is 4.39. The number of hydrogen-bond acceptors (Lipinski definition) is 3. The van der Waals surface area contributed by atoms with Crippen LogP contribution in [0.3, 0.4) is 0 Å². The monoisotopic (exact) mass is 514 g/mol. The van der Waals surface area contributed by atoms with Crippen LogP contribution in [0.25, 0.3) is 6.08 Å². The molecule has 0 saturated carbocycles. The summed E-state index contributed by atoms with van der Waals surface area (Å²) in [6.45, 7) is 2.13. The van der Waals surface area contributed by atoms with Crippen LogP contribution in [0.15, 0.2) is 70.7 Å². The highest BCUT2D eigenvalue weighted by molar-refractivity contribution is 9.10. The van der Waals surface area contributed by atoms with E-state index in [-0.39, 0.29) is 17.2 Å². The van der Waals surface area contributed by atoms with Gasteiger partial charge in [0.15, 0.2) is 0 Å². The van der Waals surface area contributed by atoms with Crippen molar-refractivity contribution in [1.29, 1.82) is 5.26 Å². The summed E-state index contributed by atoms with van der Waals surface area (Å²) in [6, 6.07) is 20.1. The number of ether oxygens (including phenoxy) is 1. The maximum Gasteiger partial charge on any atom is 0.266 e. The van der Waals surface area contributed by atoms with Crippen molar-refractivity contribution in [2.75, 3.05) is 5.32 Å². The molecule has 1 N–H and O–H groups in total. The number of rotatable bonds is 6. The first-order valence-corrected chi connectivity index (χ1v) is 10.8. The highest BCUT2D eigenvalue weighted by Gasteiger charge is 2.15. The number of hydrogen-bond donors (Lipinski definition) is 1. The van der Waals surface area contributed by atoms with Crippen LogP contribution >= 0.6 is 39.1 Å². The number of amides is 1. The fourth-order valence-electron chi connectivity index (χ4n) is 2.78. The van der Waals surface area contributed by atoms with Crippen LogP contribution in [0, 0.1) is 18.3 Å². The highest BCUT2D eigenvalue weighted by Crippen LogP contribution is 2.34. The molecule has 0 saturated heterocycles. The van der Waals surface area contributed by atoms with Gasteiger partial charge in [0, 0.05) is 20.7 Å². The first-order valence-electron chi connectivity index (χ1n) is 9.22. The zero-order chi connectivity index (χ0) is 22.4. The van der Waals surface area contributed by atoms with E-state index < -0.39 is 5.91 Å². The van der Waals surface area contributed by atoms with E-state index >= 15 is 0 Å². The first-order chi connectivity index (χ1) is 14.9. The van der Waals surface area contributed by atoms with Crippen LogP contribution in [0.5, 0.6) is 5.75 Å². The van der Waals surface area contributed by atoms with E-state index in [9.17, 15) is 10.1 Å². The summed E-state index contributed by atoms with van der Waals surface area (Å²) in [7, 11) is 0. The van der Waals surface area contributed by atoms with Crippen LogP contribution in [-0.2, 0) is 11.4 Å². The predicted octanol–water partition coefficient (Wildman–Crippen LogP) is 7.19. The van der Waals surface area contributed by atoms with E-state index in [2.05, 4.69) is 21.2 Å². The number of carbonyl (C=O) groups excluding carboxylic acids is 1. The zero-order valence-corrected chi connectivity index (χ0v) is 19.6. The van der Waals surface area contributed by atoms with Crippen molar-refractivity contribution >= 4 is 56.8 Å². The normalized spacial score (nSPS) is 11.0. The maximum atomic E-state index is 12.7. The molecule has 0 fully saturated rings. The predicted molar refractivity (Wildman–Crippen MR) is 128 cm³/mol. The number of halogens is 3. The molecule has 0 aliphatic carbocycles. The Labute approximate surface area is 199 Å². The van der Waals surface area contributed by atoms with E-state index in [4.69, 9.17) is 27.9 Å². The smallest absolute Gasteiger partial charge is 0.266 e. The minimum absolute atomic E-state index is 0.102. The molecule has 0 atom stereocenters. The van der Waals surface area contributed by atoms with Gasteiger partial charge in [-0.3, -0.25) is 4.79 Å². The largest absolute Gasteiger partial charge is 0.487 e. The second-order valence-corrected chi connectivity index (χ2v) is 8.42. The standard InChI is InChI=1S/C24H17BrCl2N2O2/c1-15-4-2-3-5-22(15)29-24(30)18(13-28)10-17-11-20(26)12-21(27)23(17)31-14-16-6-8-19(25)9-7-16/h2-12H,14H2,1H3,(H,29,30)/b18-10+. The van der Waals surface area contributed by atoms with Crippen LogP contribution < -0.4 is 10.1 Å². The molecule has 0 aliphatic heterocycles. The summed E-state index contributed by atoms with van der Waals surface area (Å²) < 4.78 is 6.88. The average molecular weight is 516 g/mol. The van der Waals surface area contributed by atoms with Gasteiger partial charge in [0.1, 0.15) is 24.0 Å². The molecule has 1 amide bonds. The lowest BCUT2D eigenvalue weighted by Gasteiger charge is -2.13. The summed E-state index contributed by atoms with van der Waals surface area (Å²) in [4.78, 5) is 12.7. The van der Waals surface area contributed by atoms with Gasteiger partial charge in [-0.05, 0) is 54.5 Å². The van der Waals surface area contributed by atoms with Crippen molar-refractivity contribution in [2.24, 2.45) is 0 Å². The van der Waals surface area contributed by atoms with Crippen molar-refractivity contribution in [1.82, 2.24) is 0 Å². The maximum absolute atomic E-state index is 12.7. The van der Waals surface area contributed by atoms with Gasteiger partial charge < -0.3 is 10.1 Å². The van der Waals surface area contributed by atoms with Gasteiger partial charge in [-0.25, -0.2) is 0 Å². The molecule has 31 heavy (non-hydrogen) atoms. The second-order valence-electron chi connectivity index (χ2n) is 6.66. The Balaban J connectivity index is 1.89. The SMILES string of the molecule is Cc1ccccc1NC(=O)/C(C#N)=C/c1cc(Cl)cc(Cl)c1OCc1ccc(Br)cc1. The number of anilines is 1. The second kappa shape index (κ2) is 10.5. The molecule has 4 nitrogen and oxygen atoms in total. The molecule has 7 heteroatoms. The summed E-state index contributed by atoms with van der Waals surface area (Å²) in [5.74, 6) is -0.197. The highest BCUT2D eigenvalue weighted by atomic mass is 79.9. The molecule has 0 radical (unpaired) electrons. The lowest BCUT2D eigenvalue weighted by molar-refractivity contribution is -0.112. The number of para-hydroxylation sites is 1. The third kappa shape index (κ3) is 6.11. The summed E-state index contributed by atoms with van der Waals surface area (Å²) in [6.07, 6.45) is 1.42. The Hall–Kier alpha value is -2.78. The van der Waals surface area contributed by atoms with Crippen LogP contribution in [0.1, 0.15) is 16.7 Å². The molecule has 0 spiro atoms. The lowest BCUT2D eigenvalue weighted by Crippen LogP contribution is -2.14. The summed E-state index contributed by atoms with van der Waals surface area (Å²) >= 11 is 15.9. The van der Waals surface area contributed by atoms with Crippen molar-refractivity contribution in [3.8, 4) is 11.8 Å². The number of nitriles is 1. The Morgan fingerprint density at radius 2 is 1.87 bits per heavy atom. The first kappa shape index (κ1) is 22.9. The molecule has 0 aliphatic rings. The Bertz CT molecular complexity index is 1190. The molecule has 3 rings (SSSR count). The fourth-order valence-corrected chi connectivity index (χ4v) is 3.61. The van der Waals surface area contributed by atoms with Gasteiger partial charge in [0.2, 0.25) is 0 Å². The van der Waals surface area contributed by atoms with Gasteiger partial charge in [-0.2, -0.15) is 5.26 Å². The molecule has 0 bridgehead atoms. The van der Waals surface area contributed by atoms with E-state index in [0.717, 1.165) is 15.6 Å². The van der Waals surface area contributed by atoms with Crippen molar-refractivity contribution < 1.29 is 9.53 Å². The van der Waals surface area contributed by atoms with E-state index in [1.807, 2.05) is 55.5 Å². The van der Waals surface area contributed by atoms with Gasteiger partial charge >= 0.3 is 0 Å². The third-order valence-corrected chi connectivity index (χ3v) is 5.42. The lowest BCUT2D eigenvalue weighted by atomic mass is 10.1. The number of nitrogens with zero attached hydrogens (tertiary/aromatic N) is 1. The van der Waals surface area contributed by atoms with Crippen LogP contribution in [-0.4, -0.2) is 5.91 Å². The molecule has 156 valence electrons. The van der Waals surface area contributed by atoms with Gasteiger partial charge in [0.25, 0.3) is 5.91 Å². The molecule has 3 aromatic rings. The quantitative estimate of drug-likeness (QED) is 0.279. The molecular weight excluding hydrogens is 499 g/mol. The van der Waals surface area contributed by atoms with Gasteiger partial charge in [-0.1, -0.05) is 69.5 Å².